The predicted octanol–water partition coefficient (Wildman–Crippen LogP) is 2.77. The van der Waals surface area contributed by atoms with E-state index in [2.05, 4.69) is 10.3 Å². The maximum Gasteiger partial charge on any atom is 0.339 e. The first kappa shape index (κ1) is 15.7. The van der Waals surface area contributed by atoms with Crippen LogP contribution in [0.15, 0.2) is 51.8 Å². The molecule has 0 bridgehead atoms. The number of phenols is 1. The summed E-state index contributed by atoms with van der Waals surface area (Å²) in [5, 5.41) is 12.9. The van der Waals surface area contributed by atoms with E-state index in [1.54, 1.807) is 30.5 Å². The second-order valence-electron chi connectivity index (χ2n) is 5.44. The molecule has 0 spiro atoms. The van der Waals surface area contributed by atoms with Gasteiger partial charge in [-0.15, -0.1) is 0 Å². The van der Waals surface area contributed by atoms with Gasteiger partial charge in [0.1, 0.15) is 17.2 Å². The molecule has 0 aliphatic heterocycles. The Bertz CT molecular complexity index is 948. The SMILES string of the molecule is Cc1c(CCC(=O)Nc2ccccn2)c(=O)oc2cc(O)ccc12. The third-order valence-electron chi connectivity index (χ3n) is 3.81. The van der Waals surface area contributed by atoms with E-state index < -0.39 is 5.63 Å². The number of nitrogens with zero attached hydrogens (tertiary/aromatic N) is 1. The third kappa shape index (κ3) is 3.27. The van der Waals surface area contributed by atoms with Gasteiger partial charge in [-0.25, -0.2) is 9.78 Å². The van der Waals surface area contributed by atoms with E-state index in [4.69, 9.17) is 4.42 Å². The highest BCUT2D eigenvalue weighted by Gasteiger charge is 2.13. The summed E-state index contributed by atoms with van der Waals surface area (Å²) in [5.41, 5.74) is 1.06. The lowest BCUT2D eigenvalue weighted by atomic mass is 10.0. The summed E-state index contributed by atoms with van der Waals surface area (Å²) in [6, 6.07) is 9.87. The van der Waals surface area contributed by atoms with Crippen LogP contribution in [-0.4, -0.2) is 16.0 Å². The van der Waals surface area contributed by atoms with Crippen LogP contribution in [0.3, 0.4) is 0 Å². The van der Waals surface area contributed by atoms with Crippen LogP contribution in [0.25, 0.3) is 11.0 Å². The van der Waals surface area contributed by atoms with Crippen LogP contribution in [0.2, 0.25) is 0 Å². The highest BCUT2D eigenvalue weighted by atomic mass is 16.4. The highest BCUT2D eigenvalue weighted by molar-refractivity contribution is 5.90. The fourth-order valence-electron chi connectivity index (χ4n) is 2.55. The van der Waals surface area contributed by atoms with Crippen molar-refractivity contribution in [1.29, 1.82) is 0 Å². The van der Waals surface area contributed by atoms with Crippen LogP contribution < -0.4 is 10.9 Å². The van der Waals surface area contributed by atoms with Crippen molar-refractivity contribution in [3.8, 4) is 5.75 Å². The normalized spacial score (nSPS) is 10.7. The molecule has 2 heterocycles. The fraction of sp³-hybridized carbons (Fsp3) is 0.167. The van der Waals surface area contributed by atoms with E-state index in [-0.39, 0.29) is 24.5 Å². The molecular weight excluding hydrogens is 308 g/mol. The second kappa shape index (κ2) is 6.54. The number of carbonyl (C=O) groups excluding carboxylic acids is 1. The van der Waals surface area contributed by atoms with Crippen LogP contribution in [0.4, 0.5) is 5.82 Å². The van der Waals surface area contributed by atoms with Gasteiger partial charge in [-0.3, -0.25) is 4.79 Å². The highest BCUT2D eigenvalue weighted by Crippen LogP contribution is 2.23. The van der Waals surface area contributed by atoms with Gasteiger partial charge in [-0.05, 0) is 43.2 Å². The van der Waals surface area contributed by atoms with Gasteiger partial charge in [0.2, 0.25) is 5.91 Å². The molecule has 6 heteroatoms. The molecule has 0 unspecified atom stereocenters. The number of aryl methyl sites for hydroxylation is 1. The number of aromatic nitrogens is 1. The van der Waals surface area contributed by atoms with E-state index in [0.29, 0.717) is 17.0 Å². The first-order chi connectivity index (χ1) is 11.5. The zero-order chi connectivity index (χ0) is 17.1. The predicted molar refractivity (Wildman–Crippen MR) is 90.1 cm³/mol. The van der Waals surface area contributed by atoms with E-state index in [9.17, 15) is 14.7 Å². The third-order valence-corrected chi connectivity index (χ3v) is 3.81. The van der Waals surface area contributed by atoms with E-state index in [1.807, 2.05) is 6.92 Å². The van der Waals surface area contributed by atoms with Crippen molar-refractivity contribution in [3.63, 3.8) is 0 Å². The van der Waals surface area contributed by atoms with Crippen molar-refractivity contribution in [3.05, 3.63) is 64.1 Å². The summed E-state index contributed by atoms with van der Waals surface area (Å²) < 4.78 is 5.25. The van der Waals surface area contributed by atoms with Crippen molar-refractivity contribution in [2.45, 2.75) is 19.8 Å². The van der Waals surface area contributed by atoms with E-state index in [0.717, 1.165) is 10.9 Å². The van der Waals surface area contributed by atoms with Gasteiger partial charge in [0.05, 0.1) is 0 Å². The van der Waals surface area contributed by atoms with Gasteiger partial charge in [-0.2, -0.15) is 0 Å². The summed E-state index contributed by atoms with van der Waals surface area (Å²) in [5.74, 6) is 0.283. The molecule has 0 saturated carbocycles. The molecule has 0 aliphatic rings. The Hall–Kier alpha value is -3.15. The lowest BCUT2D eigenvalue weighted by molar-refractivity contribution is -0.116. The first-order valence-electron chi connectivity index (χ1n) is 7.51. The fourth-order valence-corrected chi connectivity index (χ4v) is 2.55. The van der Waals surface area contributed by atoms with Gasteiger partial charge in [0.15, 0.2) is 0 Å². The van der Waals surface area contributed by atoms with Crippen molar-refractivity contribution in [2.24, 2.45) is 0 Å². The molecule has 0 fully saturated rings. The largest absolute Gasteiger partial charge is 0.508 e. The molecule has 2 aromatic heterocycles. The Balaban J connectivity index is 1.79. The Kier molecular flexibility index (Phi) is 4.29. The molecule has 24 heavy (non-hydrogen) atoms. The molecule has 2 N–H and O–H groups in total. The molecule has 0 radical (unpaired) electrons. The second-order valence-corrected chi connectivity index (χ2v) is 5.44. The number of benzene rings is 1. The quantitative estimate of drug-likeness (QED) is 0.720. The number of hydrogen-bond acceptors (Lipinski definition) is 5. The van der Waals surface area contributed by atoms with Crippen molar-refractivity contribution < 1.29 is 14.3 Å². The van der Waals surface area contributed by atoms with Crippen LogP contribution in [0.5, 0.6) is 5.75 Å². The Morgan fingerprint density at radius 2 is 2.12 bits per heavy atom. The molecule has 1 aromatic carbocycles. The molecule has 0 aliphatic carbocycles. The number of anilines is 1. The van der Waals surface area contributed by atoms with E-state index >= 15 is 0 Å². The smallest absolute Gasteiger partial charge is 0.339 e. The Morgan fingerprint density at radius 1 is 1.29 bits per heavy atom. The number of rotatable bonds is 4. The summed E-state index contributed by atoms with van der Waals surface area (Å²) >= 11 is 0. The van der Waals surface area contributed by atoms with Gasteiger partial charge < -0.3 is 14.8 Å². The summed E-state index contributed by atoms with van der Waals surface area (Å²) in [6.07, 6.45) is 2.00. The average Bonchev–Trinajstić information content (AvgIpc) is 2.55. The lowest BCUT2D eigenvalue weighted by Crippen LogP contribution is -2.17. The summed E-state index contributed by atoms with van der Waals surface area (Å²) in [6.45, 7) is 1.81. The topological polar surface area (TPSA) is 92.4 Å². The molecule has 122 valence electrons. The number of pyridine rings is 1. The number of fused-ring (bicyclic) bond motifs is 1. The molecule has 3 aromatic rings. The minimum Gasteiger partial charge on any atom is -0.508 e. The van der Waals surface area contributed by atoms with Crippen LogP contribution >= 0.6 is 0 Å². The Morgan fingerprint density at radius 3 is 2.88 bits per heavy atom. The number of carbonyl (C=O) groups is 1. The van der Waals surface area contributed by atoms with Crippen molar-refractivity contribution in [2.75, 3.05) is 5.32 Å². The minimum atomic E-state index is -0.490. The van der Waals surface area contributed by atoms with Gasteiger partial charge >= 0.3 is 5.63 Å². The first-order valence-corrected chi connectivity index (χ1v) is 7.51. The Labute approximate surface area is 137 Å². The number of amides is 1. The number of nitrogens with one attached hydrogen (secondary N) is 1. The average molecular weight is 324 g/mol. The van der Waals surface area contributed by atoms with E-state index in [1.165, 1.54) is 12.1 Å². The lowest BCUT2D eigenvalue weighted by Gasteiger charge is -2.08. The van der Waals surface area contributed by atoms with Crippen LogP contribution in [-0.2, 0) is 11.2 Å². The summed E-state index contributed by atoms with van der Waals surface area (Å²) in [7, 11) is 0. The van der Waals surface area contributed by atoms with Crippen molar-refractivity contribution in [1.82, 2.24) is 4.98 Å². The number of hydrogen-bond donors (Lipinski definition) is 2. The molecule has 3 rings (SSSR count). The van der Waals surface area contributed by atoms with Crippen LogP contribution in [0.1, 0.15) is 17.5 Å². The zero-order valence-corrected chi connectivity index (χ0v) is 13.1. The number of phenolic OH excluding ortho intramolecular Hbond substituents is 1. The van der Waals surface area contributed by atoms with Gasteiger partial charge in [0.25, 0.3) is 0 Å². The molecule has 1 amide bonds. The minimum absolute atomic E-state index is 0.0348. The van der Waals surface area contributed by atoms with Gasteiger partial charge in [-0.1, -0.05) is 6.07 Å². The van der Waals surface area contributed by atoms with Crippen molar-refractivity contribution >= 4 is 22.7 Å². The molecule has 0 atom stereocenters. The standard InChI is InChI=1S/C18H16N2O4/c1-11-13-6-5-12(21)10-15(13)24-18(23)14(11)7-8-17(22)20-16-4-2-3-9-19-16/h2-6,9-10,21H,7-8H2,1H3,(H,19,20,22). The summed E-state index contributed by atoms with van der Waals surface area (Å²) in [4.78, 5) is 28.2. The monoisotopic (exact) mass is 324 g/mol. The zero-order valence-electron chi connectivity index (χ0n) is 13.1. The number of aromatic hydroxyl groups is 1. The maximum absolute atomic E-state index is 12.1. The maximum atomic E-state index is 12.1. The van der Waals surface area contributed by atoms with Crippen LogP contribution in [0, 0.1) is 6.92 Å². The molecule has 6 nitrogen and oxygen atoms in total. The molecular formula is C18H16N2O4. The van der Waals surface area contributed by atoms with Gasteiger partial charge in [0, 0.05) is 29.6 Å². The molecule has 0 saturated heterocycles.